The summed E-state index contributed by atoms with van der Waals surface area (Å²) in [6.07, 6.45) is 0.596. The van der Waals surface area contributed by atoms with Crippen molar-refractivity contribution >= 4 is 15.9 Å². The van der Waals surface area contributed by atoms with E-state index in [2.05, 4.69) is 22.0 Å². The average molecular weight is 304 g/mol. The molecule has 2 aromatic rings. The van der Waals surface area contributed by atoms with Crippen LogP contribution in [0.25, 0.3) is 0 Å². The van der Waals surface area contributed by atoms with Crippen molar-refractivity contribution in [2.75, 3.05) is 0 Å². The standard InChI is InChI=1S/C15H11BrFN/c16-14-5-3-12(4-6-14)13(10-18)9-11-1-7-15(17)8-2-11/h1-8,13H,9H2. The lowest BCUT2D eigenvalue weighted by Gasteiger charge is -2.09. The molecule has 90 valence electrons. The molecule has 2 aromatic carbocycles. The molecule has 1 unspecified atom stereocenters. The van der Waals surface area contributed by atoms with Crippen LogP contribution in [0.4, 0.5) is 4.39 Å². The molecule has 0 radical (unpaired) electrons. The van der Waals surface area contributed by atoms with Crippen LogP contribution in [0, 0.1) is 17.1 Å². The molecule has 3 heteroatoms. The summed E-state index contributed by atoms with van der Waals surface area (Å²) in [6, 6.07) is 16.3. The third kappa shape index (κ3) is 3.18. The van der Waals surface area contributed by atoms with E-state index in [4.69, 9.17) is 0 Å². The molecule has 2 rings (SSSR count). The molecule has 0 aromatic heterocycles. The fourth-order valence-electron chi connectivity index (χ4n) is 1.79. The SMILES string of the molecule is N#CC(Cc1ccc(F)cc1)c1ccc(Br)cc1. The molecule has 0 fully saturated rings. The van der Waals surface area contributed by atoms with Gasteiger partial charge in [0, 0.05) is 4.47 Å². The molecule has 0 saturated carbocycles. The van der Waals surface area contributed by atoms with Crippen molar-refractivity contribution in [2.24, 2.45) is 0 Å². The molecule has 0 aliphatic heterocycles. The monoisotopic (exact) mass is 303 g/mol. The van der Waals surface area contributed by atoms with Gasteiger partial charge in [0.1, 0.15) is 5.82 Å². The minimum absolute atomic E-state index is 0.205. The largest absolute Gasteiger partial charge is 0.207 e. The Balaban J connectivity index is 2.17. The van der Waals surface area contributed by atoms with Crippen LogP contribution in [-0.4, -0.2) is 0 Å². The fourth-order valence-corrected chi connectivity index (χ4v) is 2.05. The Hall–Kier alpha value is -1.66. The van der Waals surface area contributed by atoms with Gasteiger partial charge >= 0.3 is 0 Å². The Labute approximate surface area is 114 Å². The normalized spacial score (nSPS) is 11.8. The van der Waals surface area contributed by atoms with Gasteiger partial charge in [0.05, 0.1) is 12.0 Å². The molecule has 0 amide bonds. The van der Waals surface area contributed by atoms with Crippen molar-refractivity contribution in [1.29, 1.82) is 5.26 Å². The van der Waals surface area contributed by atoms with Crippen LogP contribution in [0.3, 0.4) is 0 Å². The van der Waals surface area contributed by atoms with E-state index >= 15 is 0 Å². The predicted molar refractivity (Wildman–Crippen MR) is 72.6 cm³/mol. The van der Waals surface area contributed by atoms with Gasteiger partial charge in [0.25, 0.3) is 0 Å². The summed E-state index contributed by atoms with van der Waals surface area (Å²) in [5.74, 6) is -0.459. The van der Waals surface area contributed by atoms with Gasteiger partial charge < -0.3 is 0 Å². The first-order valence-electron chi connectivity index (χ1n) is 5.58. The summed E-state index contributed by atoms with van der Waals surface area (Å²) in [5.41, 5.74) is 1.94. The number of hydrogen-bond donors (Lipinski definition) is 0. The van der Waals surface area contributed by atoms with Crippen molar-refractivity contribution in [3.8, 4) is 6.07 Å². The fraction of sp³-hybridized carbons (Fsp3) is 0.133. The molecule has 1 nitrogen and oxygen atoms in total. The number of hydrogen-bond acceptors (Lipinski definition) is 1. The molecule has 18 heavy (non-hydrogen) atoms. The third-order valence-corrected chi connectivity index (χ3v) is 3.31. The van der Waals surface area contributed by atoms with Crippen LogP contribution in [0.5, 0.6) is 0 Å². The summed E-state index contributed by atoms with van der Waals surface area (Å²) >= 11 is 3.37. The van der Waals surface area contributed by atoms with Gasteiger partial charge in [0.2, 0.25) is 0 Å². The van der Waals surface area contributed by atoms with Crippen molar-refractivity contribution in [1.82, 2.24) is 0 Å². The second-order valence-corrected chi connectivity index (χ2v) is 4.98. The average Bonchev–Trinajstić information content (AvgIpc) is 2.39. The van der Waals surface area contributed by atoms with Gasteiger partial charge in [0.15, 0.2) is 0 Å². The van der Waals surface area contributed by atoms with Gasteiger partial charge in [-0.05, 0) is 41.8 Å². The van der Waals surface area contributed by atoms with Gasteiger partial charge in [-0.2, -0.15) is 5.26 Å². The van der Waals surface area contributed by atoms with E-state index in [0.29, 0.717) is 6.42 Å². The predicted octanol–water partition coefficient (Wildman–Crippen LogP) is 4.44. The van der Waals surface area contributed by atoms with Crippen molar-refractivity contribution < 1.29 is 4.39 Å². The second kappa shape index (κ2) is 5.79. The Morgan fingerprint density at radius 1 is 1.06 bits per heavy atom. The zero-order valence-corrected chi connectivity index (χ0v) is 11.2. The molecule has 0 spiro atoms. The number of halogens is 2. The van der Waals surface area contributed by atoms with Crippen LogP contribution >= 0.6 is 15.9 Å². The lowest BCUT2D eigenvalue weighted by Crippen LogP contribution is -2.00. The molecule has 0 N–H and O–H groups in total. The van der Waals surface area contributed by atoms with Gasteiger partial charge in [-0.15, -0.1) is 0 Å². The van der Waals surface area contributed by atoms with Gasteiger partial charge in [-0.25, -0.2) is 4.39 Å². The van der Waals surface area contributed by atoms with Crippen LogP contribution in [0.2, 0.25) is 0 Å². The van der Waals surface area contributed by atoms with Crippen molar-refractivity contribution in [3.63, 3.8) is 0 Å². The van der Waals surface area contributed by atoms with E-state index in [1.165, 1.54) is 12.1 Å². The summed E-state index contributed by atoms with van der Waals surface area (Å²) in [5, 5.41) is 9.23. The number of nitrogens with zero attached hydrogens (tertiary/aromatic N) is 1. The Morgan fingerprint density at radius 2 is 1.67 bits per heavy atom. The highest BCUT2D eigenvalue weighted by molar-refractivity contribution is 9.10. The molecule has 0 saturated heterocycles. The van der Waals surface area contributed by atoms with E-state index in [1.54, 1.807) is 12.1 Å². The molecule has 1 atom stereocenters. The first kappa shape index (κ1) is 12.8. The van der Waals surface area contributed by atoms with E-state index in [9.17, 15) is 9.65 Å². The van der Waals surface area contributed by atoms with E-state index < -0.39 is 0 Å². The molecule has 0 heterocycles. The number of rotatable bonds is 3. The zero-order chi connectivity index (χ0) is 13.0. The topological polar surface area (TPSA) is 23.8 Å². The Morgan fingerprint density at radius 3 is 2.22 bits per heavy atom. The van der Waals surface area contributed by atoms with Crippen LogP contribution in [0.15, 0.2) is 53.0 Å². The maximum atomic E-state index is 12.8. The number of nitriles is 1. The second-order valence-electron chi connectivity index (χ2n) is 4.06. The minimum Gasteiger partial charge on any atom is -0.207 e. The lowest BCUT2D eigenvalue weighted by molar-refractivity contribution is 0.626. The first-order chi connectivity index (χ1) is 8.69. The van der Waals surface area contributed by atoms with Crippen molar-refractivity contribution in [3.05, 3.63) is 69.9 Å². The van der Waals surface area contributed by atoms with Crippen LogP contribution < -0.4 is 0 Å². The Bertz CT molecular complexity index is 555. The maximum Gasteiger partial charge on any atom is 0.123 e. The summed E-state index contributed by atoms with van der Waals surface area (Å²) in [4.78, 5) is 0. The van der Waals surface area contributed by atoms with E-state index in [1.807, 2.05) is 24.3 Å². The molecular weight excluding hydrogens is 293 g/mol. The van der Waals surface area contributed by atoms with Gasteiger partial charge in [-0.3, -0.25) is 0 Å². The highest BCUT2D eigenvalue weighted by atomic mass is 79.9. The highest BCUT2D eigenvalue weighted by Crippen LogP contribution is 2.22. The highest BCUT2D eigenvalue weighted by Gasteiger charge is 2.11. The van der Waals surface area contributed by atoms with Crippen molar-refractivity contribution in [2.45, 2.75) is 12.3 Å². The molecule has 0 aliphatic carbocycles. The first-order valence-corrected chi connectivity index (χ1v) is 6.38. The smallest absolute Gasteiger partial charge is 0.123 e. The van der Waals surface area contributed by atoms with Gasteiger partial charge in [-0.1, -0.05) is 40.2 Å². The molecular formula is C15H11BrFN. The molecule has 0 aliphatic rings. The van der Waals surface area contributed by atoms with E-state index in [-0.39, 0.29) is 11.7 Å². The Kier molecular flexibility index (Phi) is 4.11. The quantitative estimate of drug-likeness (QED) is 0.822. The lowest BCUT2D eigenvalue weighted by atomic mass is 9.93. The third-order valence-electron chi connectivity index (χ3n) is 2.78. The maximum absolute atomic E-state index is 12.8. The van der Waals surface area contributed by atoms with Crippen LogP contribution in [-0.2, 0) is 6.42 Å². The van der Waals surface area contributed by atoms with Crippen LogP contribution in [0.1, 0.15) is 17.0 Å². The molecule has 0 bridgehead atoms. The summed E-state index contributed by atoms with van der Waals surface area (Å²) in [7, 11) is 0. The summed E-state index contributed by atoms with van der Waals surface area (Å²) in [6.45, 7) is 0. The summed E-state index contributed by atoms with van der Waals surface area (Å²) < 4.78 is 13.8. The minimum atomic E-state index is -0.254. The van der Waals surface area contributed by atoms with E-state index in [0.717, 1.165) is 15.6 Å². The number of benzene rings is 2. The zero-order valence-electron chi connectivity index (χ0n) is 9.61.